The fourth-order valence-electron chi connectivity index (χ4n) is 3.36. The average Bonchev–Trinajstić information content (AvgIpc) is 3.45. The highest BCUT2D eigenvalue weighted by Gasteiger charge is 2.23. The van der Waals surface area contributed by atoms with E-state index >= 15 is 0 Å². The van der Waals surface area contributed by atoms with E-state index in [-0.39, 0.29) is 18.4 Å². The molecule has 0 N–H and O–H groups in total. The van der Waals surface area contributed by atoms with Crippen molar-refractivity contribution >= 4 is 23.2 Å². The van der Waals surface area contributed by atoms with Gasteiger partial charge in [0.05, 0.1) is 11.4 Å². The minimum absolute atomic E-state index is 0.0394. The Morgan fingerprint density at radius 2 is 1.81 bits per heavy atom. The monoisotopic (exact) mass is 439 g/mol. The maximum absolute atomic E-state index is 13.4. The Kier molecular flexibility index (Phi) is 8.44. The Bertz CT molecular complexity index is 954. The Morgan fingerprint density at radius 1 is 1.00 bits per heavy atom. The van der Waals surface area contributed by atoms with Gasteiger partial charge in [0.2, 0.25) is 5.91 Å². The third kappa shape index (κ3) is 6.54. The molecule has 0 aliphatic heterocycles. The molecule has 2 amide bonds. The van der Waals surface area contributed by atoms with Crippen LogP contribution in [0.3, 0.4) is 0 Å². The fraction of sp³-hybridized carbons (Fsp3) is 0.333. The van der Waals surface area contributed by atoms with E-state index in [1.165, 1.54) is 11.3 Å². The number of hydrogen-bond donors (Lipinski definition) is 0. The molecule has 0 unspecified atom stereocenters. The molecule has 31 heavy (non-hydrogen) atoms. The second-order valence-corrected chi connectivity index (χ2v) is 8.34. The number of aromatic nitrogens is 1. The highest BCUT2D eigenvalue weighted by atomic mass is 32.1. The van der Waals surface area contributed by atoms with Gasteiger partial charge in [0, 0.05) is 45.7 Å². The van der Waals surface area contributed by atoms with Gasteiger partial charge in [0.25, 0.3) is 5.91 Å². The third-order valence-corrected chi connectivity index (χ3v) is 5.95. The Labute approximate surface area is 187 Å². The fourth-order valence-corrected chi connectivity index (χ4v) is 4.05. The van der Waals surface area contributed by atoms with Crippen LogP contribution < -0.4 is 0 Å². The van der Waals surface area contributed by atoms with E-state index in [0.717, 1.165) is 11.3 Å². The van der Waals surface area contributed by atoms with Gasteiger partial charge in [-0.25, -0.2) is 0 Å². The van der Waals surface area contributed by atoms with Gasteiger partial charge in [-0.2, -0.15) is 0 Å². The lowest BCUT2D eigenvalue weighted by Gasteiger charge is -2.28. The Hall–Kier alpha value is -2.90. The zero-order valence-corrected chi connectivity index (χ0v) is 18.9. The molecule has 7 heteroatoms. The molecule has 0 bridgehead atoms. The lowest BCUT2D eigenvalue weighted by Crippen LogP contribution is -2.43. The quantitative estimate of drug-likeness (QED) is 0.427. The SMILES string of the molecule is COCCCN(CC(=O)N(Cc1ccccc1)Cc1cccn1C)C(=O)c1cccs1. The van der Waals surface area contributed by atoms with E-state index in [9.17, 15) is 9.59 Å². The predicted molar refractivity (Wildman–Crippen MR) is 123 cm³/mol. The van der Waals surface area contributed by atoms with Gasteiger partial charge in [0.1, 0.15) is 6.54 Å². The number of carbonyl (C=O) groups excluding carboxylic acids is 2. The summed E-state index contributed by atoms with van der Waals surface area (Å²) in [7, 11) is 3.61. The second kappa shape index (κ2) is 11.5. The molecule has 0 fully saturated rings. The van der Waals surface area contributed by atoms with Crippen LogP contribution in [0.1, 0.15) is 27.3 Å². The molecule has 164 valence electrons. The van der Waals surface area contributed by atoms with Crippen molar-refractivity contribution in [3.05, 3.63) is 82.3 Å². The van der Waals surface area contributed by atoms with Crippen LogP contribution in [0.5, 0.6) is 0 Å². The number of methoxy groups -OCH3 is 1. The summed E-state index contributed by atoms with van der Waals surface area (Å²) in [6.07, 6.45) is 2.65. The maximum Gasteiger partial charge on any atom is 0.264 e. The molecule has 2 heterocycles. The van der Waals surface area contributed by atoms with Gasteiger partial charge in [-0.15, -0.1) is 11.3 Å². The average molecular weight is 440 g/mol. The van der Waals surface area contributed by atoms with Crippen LogP contribution in [0, 0.1) is 0 Å². The van der Waals surface area contributed by atoms with Gasteiger partial charge in [-0.3, -0.25) is 9.59 Å². The number of carbonyl (C=O) groups is 2. The number of thiophene rings is 1. The van der Waals surface area contributed by atoms with Gasteiger partial charge in [-0.05, 0) is 35.6 Å². The summed E-state index contributed by atoms with van der Waals surface area (Å²) in [6.45, 7) is 2.02. The number of hydrogen-bond acceptors (Lipinski definition) is 4. The molecule has 0 atom stereocenters. The smallest absolute Gasteiger partial charge is 0.264 e. The molecule has 3 aromatic rings. The maximum atomic E-state index is 13.4. The minimum Gasteiger partial charge on any atom is -0.385 e. The van der Waals surface area contributed by atoms with Gasteiger partial charge in [-0.1, -0.05) is 36.4 Å². The van der Waals surface area contributed by atoms with E-state index in [2.05, 4.69) is 0 Å². The Morgan fingerprint density at radius 3 is 2.45 bits per heavy atom. The van der Waals surface area contributed by atoms with Crippen LogP contribution in [0.4, 0.5) is 0 Å². The molecule has 6 nitrogen and oxygen atoms in total. The highest BCUT2D eigenvalue weighted by molar-refractivity contribution is 7.12. The molecule has 0 spiro atoms. The molecule has 0 aliphatic rings. The van der Waals surface area contributed by atoms with Crippen LogP contribution in [0.2, 0.25) is 0 Å². The first-order chi connectivity index (χ1) is 15.1. The minimum atomic E-state index is -0.113. The van der Waals surface area contributed by atoms with E-state index in [4.69, 9.17) is 4.74 Å². The normalized spacial score (nSPS) is 10.8. The molecule has 0 radical (unpaired) electrons. The molecular weight excluding hydrogens is 410 g/mol. The summed E-state index contributed by atoms with van der Waals surface area (Å²) in [5.74, 6) is -0.189. The van der Waals surface area contributed by atoms with Crippen LogP contribution in [0.25, 0.3) is 0 Å². The lowest BCUT2D eigenvalue weighted by atomic mass is 10.2. The van der Waals surface area contributed by atoms with Crippen molar-refractivity contribution in [3.63, 3.8) is 0 Å². The van der Waals surface area contributed by atoms with Crippen LogP contribution in [-0.2, 0) is 29.7 Å². The highest BCUT2D eigenvalue weighted by Crippen LogP contribution is 2.15. The van der Waals surface area contributed by atoms with Crippen LogP contribution in [-0.4, -0.2) is 53.0 Å². The molecule has 3 rings (SSSR count). The van der Waals surface area contributed by atoms with Crippen LogP contribution in [0.15, 0.2) is 66.2 Å². The van der Waals surface area contributed by atoms with Crippen molar-refractivity contribution < 1.29 is 14.3 Å². The largest absolute Gasteiger partial charge is 0.385 e. The number of nitrogens with zero attached hydrogens (tertiary/aromatic N) is 3. The summed E-state index contributed by atoms with van der Waals surface area (Å²) < 4.78 is 7.16. The molecule has 0 aliphatic carbocycles. The number of benzene rings is 1. The molecule has 1 aromatic carbocycles. The summed E-state index contributed by atoms with van der Waals surface area (Å²) in [5.41, 5.74) is 2.10. The zero-order chi connectivity index (χ0) is 22.1. The van der Waals surface area contributed by atoms with Crippen molar-refractivity contribution in [1.82, 2.24) is 14.4 Å². The number of amides is 2. The molecule has 0 saturated heterocycles. The second-order valence-electron chi connectivity index (χ2n) is 7.40. The first-order valence-electron chi connectivity index (χ1n) is 10.3. The van der Waals surface area contributed by atoms with Crippen molar-refractivity contribution in [3.8, 4) is 0 Å². The van der Waals surface area contributed by atoms with E-state index < -0.39 is 0 Å². The van der Waals surface area contributed by atoms with Gasteiger partial charge < -0.3 is 19.1 Å². The molecular formula is C24H29N3O3S. The first kappa shape index (κ1) is 22.8. The zero-order valence-electron chi connectivity index (χ0n) is 18.1. The van der Waals surface area contributed by atoms with E-state index in [0.29, 0.717) is 37.5 Å². The number of aryl methyl sites for hydroxylation is 1. The molecule has 0 saturated carbocycles. The van der Waals surface area contributed by atoms with E-state index in [1.54, 1.807) is 18.1 Å². The summed E-state index contributed by atoms with van der Waals surface area (Å²) in [6, 6.07) is 17.6. The standard InChI is InChI=1S/C24H29N3O3S/c1-25-13-6-11-21(25)18-27(17-20-9-4-3-5-10-20)23(28)19-26(14-8-15-30-2)24(29)22-12-7-16-31-22/h3-7,9-13,16H,8,14-15,17-19H2,1-2H3. The summed E-state index contributed by atoms with van der Waals surface area (Å²) >= 11 is 1.39. The first-order valence-corrected chi connectivity index (χ1v) is 11.2. The topological polar surface area (TPSA) is 54.8 Å². The molecule has 2 aromatic heterocycles. The summed E-state index contributed by atoms with van der Waals surface area (Å²) in [4.78, 5) is 30.5. The predicted octanol–water partition coefficient (Wildman–Crippen LogP) is 3.79. The van der Waals surface area contributed by atoms with Crippen molar-refractivity contribution in [2.24, 2.45) is 7.05 Å². The third-order valence-electron chi connectivity index (χ3n) is 5.09. The van der Waals surface area contributed by atoms with Crippen LogP contribution >= 0.6 is 11.3 Å². The van der Waals surface area contributed by atoms with Crippen molar-refractivity contribution in [2.45, 2.75) is 19.5 Å². The number of ether oxygens (including phenoxy) is 1. The van der Waals surface area contributed by atoms with Crippen molar-refractivity contribution in [1.29, 1.82) is 0 Å². The van der Waals surface area contributed by atoms with Gasteiger partial charge >= 0.3 is 0 Å². The number of rotatable bonds is 11. The lowest BCUT2D eigenvalue weighted by molar-refractivity contribution is -0.133. The Balaban J connectivity index is 1.77. The van der Waals surface area contributed by atoms with Gasteiger partial charge in [0.15, 0.2) is 0 Å². The summed E-state index contributed by atoms with van der Waals surface area (Å²) in [5, 5.41) is 1.87. The van der Waals surface area contributed by atoms with E-state index in [1.807, 2.05) is 76.6 Å². The van der Waals surface area contributed by atoms with Crippen molar-refractivity contribution in [2.75, 3.05) is 26.8 Å².